The third-order valence-corrected chi connectivity index (χ3v) is 3.98. The van der Waals surface area contributed by atoms with E-state index in [0.717, 1.165) is 0 Å². The van der Waals surface area contributed by atoms with E-state index in [0.29, 0.717) is 10.3 Å². The van der Waals surface area contributed by atoms with E-state index >= 15 is 0 Å². The summed E-state index contributed by atoms with van der Waals surface area (Å²) in [6.45, 7) is -0.409. The van der Waals surface area contributed by atoms with Crippen molar-refractivity contribution in [2.45, 2.75) is 30.6 Å². The van der Waals surface area contributed by atoms with Crippen molar-refractivity contribution in [2.24, 2.45) is 0 Å². The van der Waals surface area contributed by atoms with Gasteiger partial charge in [0.25, 0.3) is 0 Å². The maximum Gasteiger partial charge on any atom is 0.184 e. The van der Waals surface area contributed by atoms with Gasteiger partial charge in [0.2, 0.25) is 0 Å². The molecular weight excluding hydrogens is 296 g/mol. The molecule has 0 aromatic carbocycles. The molecule has 19 heavy (non-hydrogen) atoms. The molecule has 7 nitrogen and oxygen atoms in total. The summed E-state index contributed by atoms with van der Waals surface area (Å²) in [7, 11) is 1.41. The minimum absolute atomic E-state index is 0.335. The average Bonchev–Trinajstić information content (AvgIpc) is 2.81. The first-order valence-corrected chi connectivity index (χ1v) is 6.85. The SMILES string of the molecule is CO[C@H]1O[C@H](CO)[C@H](O)[C@H](O)[C@H]1Nc1nc(Cl)cs1. The summed E-state index contributed by atoms with van der Waals surface area (Å²) in [6, 6.07) is -0.718. The van der Waals surface area contributed by atoms with Gasteiger partial charge in [0.1, 0.15) is 29.5 Å². The summed E-state index contributed by atoms with van der Waals surface area (Å²) in [6.07, 6.45) is -4.10. The average molecular weight is 311 g/mol. The monoisotopic (exact) mass is 310 g/mol. The van der Waals surface area contributed by atoms with Gasteiger partial charge in [-0.3, -0.25) is 0 Å². The number of thiazole rings is 1. The summed E-state index contributed by atoms with van der Waals surface area (Å²) in [4.78, 5) is 3.99. The summed E-state index contributed by atoms with van der Waals surface area (Å²) >= 11 is 6.97. The summed E-state index contributed by atoms with van der Waals surface area (Å²) in [5.41, 5.74) is 0. The molecule has 0 radical (unpaired) electrons. The molecule has 1 aliphatic heterocycles. The number of hydrogen-bond donors (Lipinski definition) is 4. The molecule has 1 fully saturated rings. The fraction of sp³-hybridized carbons (Fsp3) is 0.700. The molecule has 0 spiro atoms. The molecule has 0 bridgehead atoms. The van der Waals surface area contributed by atoms with Gasteiger partial charge in [0.05, 0.1) is 6.61 Å². The predicted molar refractivity (Wildman–Crippen MR) is 69.3 cm³/mol. The van der Waals surface area contributed by atoms with E-state index in [1.54, 1.807) is 5.38 Å². The van der Waals surface area contributed by atoms with Crippen molar-refractivity contribution in [3.8, 4) is 0 Å². The largest absolute Gasteiger partial charge is 0.394 e. The highest BCUT2D eigenvalue weighted by molar-refractivity contribution is 7.14. The first-order valence-electron chi connectivity index (χ1n) is 5.59. The Morgan fingerprint density at radius 1 is 1.53 bits per heavy atom. The van der Waals surface area contributed by atoms with E-state index < -0.39 is 37.3 Å². The molecule has 1 aromatic rings. The second-order valence-corrected chi connectivity index (χ2v) is 5.33. The molecule has 0 amide bonds. The van der Waals surface area contributed by atoms with Crippen molar-refractivity contribution < 1.29 is 24.8 Å². The smallest absolute Gasteiger partial charge is 0.184 e. The number of halogens is 1. The number of rotatable bonds is 4. The molecule has 5 atom stereocenters. The van der Waals surface area contributed by atoms with E-state index in [2.05, 4.69) is 10.3 Å². The van der Waals surface area contributed by atoms with Crippen molar-refractivity contribution in [1.29, 1.82) is 0 Å². The molecule has 9 heteroatoms. The van der Waals surface area contributed by atoms with Crippen LogP contribution in [0.1, 0.15) is 0 Å². The lowest BCUT2D eigenvalue weighted by Crippen LogP contribution is -2.61. The number of methoxy groups -OCH3 is 1. The normalized spacial score (nSPS) is 35.3. The first-order chi connectivity index (χ1) is 9.06. The van der Waals surface area contributed by atoms with Gasteiger partial charge >= 0.3 is 0 Å². The number of nitrogens with one attached hydrogen (secondary N) is 1. The summed E-state index contributed by atoms with van der Waals surface area (Å²) < 4.78 is 10.5. The van der Waals surface area contributed by atoms with Gasteiger partial charge in [-0.1, -0.05) is 11.6 Å². The number of aromatic nitrogens is 1. The third kappa shape index (κ3) is 3.16. The van der Waals surface area contributed by atoms with Gasteiger partial charge in [0, 0.05) is 12.5 Å². The summed E-state index contributed by atoms with van der Waals surface area (Å²) in [5, 5.41) is 34.3. The minimum Gasteiger partial charge on any atom is -0.394 e. The molecule has 1 aliphatic rings. The molecule has 108 valence electrons. The van der Waals surface area contributed by atoms with Crippen LogP contribution in [0.3, 0.4) is 0 Å². The van der Waals surface area contributed by atoms with Gasteiger partial charge in [-0.2, -0.15) is 0 Å². The van der Waals surface area contributed by atoms with Crippen LogP contribution < -0.4 is 5.32 Å². The zero-order valence-electron chi connectivity index (χ0n) is 10.1. The molecule has 2 heterocycles. The molecule has 1 aromatic heterocycles. The van der Waals surface area contributed by atoms with Crippen LogP contribution in [0.2, 0.25) is 5.15 Å². The minimum atomic E-state index is -1.22. The Balaban J connectivity index is 2.12. The number of nitrogens with zero attached hydrogens (tertiary/aromatic N) is 1. The second kappa shape index (κ2) is 6.31. The van der Waals surface area contributed by atoms with E-state index in [1.807, 2.05) is 0 Å². The fourth-order valence-electron chi connectivity index (χ4n) is 1.90. The second-order valence-electron chi connectivity index (χ2n) is 4.09. The van der Waals surface area contributed by atoms with Gasteiger partial charge in [-0.05, 0) is 0 Å². The Labute approximate surface area is 118 Å². The Hall–Kier alpha value is -0.480. The van der Waals surface area contributed by atoms with Crippen LogP contribution >= 0.6 is 22.9 Å². The molecule has 0 aliphatic carbocycles. The predicted octanol–water partition coefficient (Wildman–Crippen LogP) is -0.338. The lowest BCUT2D eigenvalue weighted by molar-refractivity contribution is -0.254. The van der Waals surface area contributed by atoms with Crippen molar-refractivity contribution in [1.82, 2.24) is 4.98 Å². The maximum atomic E-state index is 10.1. The Morgan fingerprint density at radius 3 is 2.79 bits per heavy atom. The van der Waals surface area contributed by atoms with Crippen LogP contribution in [0.25, 0.3) is 0 Å². The molecule has 0 saturated carbocycles. The van der Waals surface area contributed by atoms with Gasteiger partial charge in [-0.25, -0.2) is 4.98 Å². The molecular formula is C10H15ClN2O5S. The van der Waals surface area contributed by atoms with Crippen LogP contribution in [0.5, 0.6) is 0 Å². The highest BCUT2D eigenvalue weighted by Gasteiger charge is 2.44. The molecule has 1 saturated heterocycles. The highest BCUT2D eigenvalue weighted by Crippen LogP contribution is 2.27. The van der Waals surface area contributed by atoms with Crippen molar-refractivity contribution in [2.75, 3.05) is 19.0 Å². The Morgan fingerprint density at radius 2 is 2.26 bits per heavy atom. The van der Waals surface area contributed by atoms with Gasteiger partial charge in [0.15, 0.2) is 11.4 Å². The number of aliphatic hydroxyl groups excluding tert-OH is 3. The van der Waals surface area contributed by atoms with Crippen molar-refractivity contribution in [3.05, 3.63) is 10.5 Å². The Bertz CT molecular complexity index is 418. The zero-order valence-corrected chi connectivity index (χ0v) is 11.6. The van der Waals surface area contributed by atoms with Crippen LogP contribution in [0.4, 0.5) is 5.13 Å². The van der Waals surface area contributed by atoms with Crippen molar-refractivity contribution in [3.63, 3.8) is 0 Å². The van der Waals surface area contributed by atoms with Crippen molar-refractivity contribution >= 4 is 28.1 Å². The molecule has 0 unspecified atom stereocenters. The van der Waals surface area contributed by atoms with E-state index in [-0.39, 0.29) is 0 Å². The number of anilines is 1. The zero-order chi connectivity index (χ0) is 14.0. The number of ether oxygens (including phenoxy) is 2. The first kappa shape index (κ1) is 14.9. The summed E-state index contributed by atoms with van der Waals surface area (Å²) in [5.74, 6) is 0. The fourth-order valence-corrected chi connectivity index (χ4v) is 2.79. The Kier molecular flexibility index (Phi) is 4.96. The maximum absolute atomic E-state index is 10.1. The topological polar surface area (TPSA) is 104 Å². The van der Waals surface area contributed by atoms with Crippen LogP contribution in [0, 0.1) is 0 Å². The highest BCUT2D eigenvalue weighted by atomic mass is 35.5. The molecule has 2 rings (SSSR count). The molecule has 4 N–H and O–H groups in total. The van der Waals surface area contributed by atoms with Crippen LogP contribution in [-0.2, 0) is 9.47 Å². The number of aliphatic hydroxyl groups is 3. The van der Waals surface area contributed by atoms with E-state index in [1.165, 1.54) is 18.4 Å². The van der Waals surface area contributed by atoms with E-state index in [9.17, 15) is 10.2 Å². The van der Waals surface area contributed by atoms with E-state index in [4.69, 9.17) is 26.2 Å². The standard InChI is InChI=1S/C10H15ClN2O5S/c1-17-9-6(13-10-12-5(11)3-19-10)8(16)7(15)4(2-14)18-9/h3-4,6-9,14-16H,2H2,1H3,(H,12,13)/t4-,6-,7+,8-,9+/m1/s1. The third-order valence-electron chi connectivity index (χ3n) is 2.88. The number of hydrogen-bond acceptors (Lipinski definition) is 8. The lowest BCUT2D eigenvalue weighted by atomic mass is 9.97. The quantitative estimate of drug-likeness (QED) is 0.603. The lowest BCUT2D eigenvalue weighted by Gasteiger charge is -2.41. The van der Waals surface area contributed by atoms with Crippen LogP contribution in [-0.4, -0.2) is 64.7 Å². The van der Waals surface area contributed by atoms with Crippen LogP contribution in [0.15, 0.2) is 5.38 Å². The van der Waals surface area contributed by atoms with Gasteiger partial charge in [-0.15, -0.1) is 11.3 Å². The van der Waals surface area contributed by atoms with Gasteiger partial charge < -0.3 is 30.1 Å².